The van der Waals surface area contributed by atoms with Crippen LogP contribution in [-0.2, 0) is 19.7 Å². The Morgan fingerprint density at radius 1 is 0.471 bits per heavy atom. The topological polar surface area (TPSA) is 102 Å². The molecule has 0 fully saturated rings. The molecule has 0 atom stereocenters. The van der Waals surface area contributed by atoms with Gasteiger partial charge < -0.3 is 0 Å². The number of carbonyl (C=O) groups excluding carboxylic acids is 2. The van der Waals surface area contributed by atoms with Crippen molar-refractivity contribution >= 4 is 42.0 Å². The number of fused-ring (bicyclic) bond motifs is 2. The molecule has 1 aliphatic rings. The lowest BCUT2D eigenvalue weighted by Gasteiger charge is -2.16. The van der Waals surface area contributed by atoms with Crippen molar-refractivity contribution in [3.63, 3.8) is 0 Å². The lowest BCUT2D eigenvalue weighted by Crippen LogP contribution is -2.13. The fourth-order valence-electron chi connectivity index (χ4n) is 4.00. The largest absolute Gasteiger partial charge is 0.289 e. The zero-order valence-electron chi connectivity index (χ0n) is 17.5. The van der Waals surface area contributed by atoms with Crippen LogP contribution in [0.2, 0.25) is 0 Å². The maximum absolute atomic E-state index is 13.5. The zero-order chi connectivity index (χ0) is 24.1. The lowest BCUT2D eigenvalue weighted by atomic mass is 9.91. The summed E-state index contributed by atoms with van der Waals surface area (Å²) in [5.41, 5.74) is 0.0533. The quantitative estimate of drug-likeness (QED) is 0.421. The second-order valence-electron chi connectivity index (χ2n) is 7.70. The predicted molar refractivity (Wildman–Crippen MR) is 126 cm³/mol. The molecular formula is C26H16O6S2. The van der Waals surface area contributed by atoms with Crippen molar-refractivity contribution in [2.75, 3.05) is 0 Å². The van der Waals surface area contributed by atoms with Crippen LogP contribution in [0.1, 0.15) is 20.7 Å². The molecule has 0 heterocycles. The molecule has 6 nitrogen and oxygen atoms in total. The predicted octanol–water partition coefficient (Wildman–Crippen LogP) is 4.44. The van der Waals surface area contributed by atoms with Gasteiger partial charge in [-0.3, -0.25) is 9.59 Å². The van der Waals surface area contributed by atoms with Gasteiger partial charge in [0.25, 0.3) is 0 Å². The van der Waals surface area contributed by atoms with Gasteiger partial charge in [-0.1, -0.05) is 36.4 Å². The van der Waals surface area contributed by atoms with Crippen LogP contribution in [0.15, 0.2) is 117 Å². The SMILES string of the molecule is O=C1C=CC(=O)c2cc3c(S(=O)(=O)c4ccccc4)ccc(S(=O)(=O)c4ccccc4)c3cc21. The third kappa shape index (κ3) is 3.39. The first-order chi connectivity index (χ1) is 16.2. The fraction of sp³-hybridized carbons (Fsp3) is 0. The number of hydrogen-bond acceptors (Lipinski definition) is 6. The van der Waals surface area contributed by atoms with E-state index in [4.69, 9.17) is 0 Å². The summed E-state index contributed by atoms with van der Waals surface area (Å²) >= 11 is 0. The highest BCUT2D eigenvalue weighted by Gasteiger charge is 2.29. The molecule has 0 aromatic heterocycles. The maximum atomic E-state index is 13.5. The van der Waals surface area contributed by atoms with Crippen molar-refractivity contribution < 1.29 is 26.4 Å². The van der Waals surface area contributed by atoms with Crippen LogP contribution in [0.25, 0.3) is 10.8 Å². The van der Waals surface area contributed by atoms with Gasteiger partial charge in [-0.15, -0.1) is 0 Å². The summed E-state index contributed by atoms with van der Waals surface area (Å²) in [6.07, 6.45) is 2.23. The Kier molecular flexibility index (Phi) is 5.07. The standard InChI is InChI=1S/C26H16O6S2/c27-23-11-12-24(28)20-16-22-21(15-19(20)23)25(33(29,30)17-7-3-1-4-8-17)13-14-26(22)34(31,32)18-9-5-2-6-10-18/h1-16H. The van der Waals surface area contributed by atoms with Gasteiger partial charge >= 0.3 is 0 Å². The third-order valence-corrected chi connectivity index (χ3v) is 9.33. The highest BCUT2D eigenvalue weighted by Crippen LogP contribution is 2.37. The van der Waals surface area contributed by atoms with E-state index in [0.717, 1.165) is 12.2 Å². The van der Waals surface area contributed by atoms with Crippen molar-refractivity contribution in [3.8, 4) is 0 Å². The van der Waals surface area contributed by atoms with Gasteiger partial charge in [-0.05, 0) is 60.7 Å². The minimum Gasteiger partial charge on any atom is -0.289 e. The van der Waals surface area contributed by atoms with Crippen molar-refractivity contribution in [3.05, 3.63) is 108 Å². The van der Waals surface area contributed by atoms with Crippen LogP contribution < -0.4 is 0 Å². The Bertz CT molecular complexity index is 1610. The number of sulfone groups is 2. The monoisotopic (exact) mass is 488 g/mol. The Hall–Kier alpha value is -3.88. The van der Waals surface area contributed by atoms with Gasteiger partial charge in [0.15, 0.2) is 11.6 Å². The molecule has 0 saturated carbocycles. The number of allylic oxidation sites excluding steroid dienone is 2. The van der Waals surface area contributed by atoms with Gasteiger partial charge in [-0.2, -0.15) is 0 Å². The van der Waals surface area contributed by atoms with Gasteiger partial charge in [0.2, 0.25) is 19.7 Å². The fourth-order valence-corrected chi connectivity index (χ4v) is 6.95. The van der Waals surface area contributed by atoms with Crippen molar-refractivity contribution in [1.82, 2.24) is 0 Å². The number of ketones is 2. The van der Waals surface area contributed by atoms with Gasteiger partial charge in [0, 0.05) is 21.9 Å². The molecule has 0 aliphatic heterocycles. The van der Waals surface area contributed by atoms with E-state index in [1.807, 2.05) is 0 Å². The van der Waals surface area contributed by atoms with E-state index in [1.165, 1.54) is 48.5 Å². The average Bonchev–Trinajstić information content (AvgIpc) is 2.85. The van der Waals surface area contributed by atoms with Crippen LogP contribution in [0, 0.1) is 0 Å². The Morgan fingerprint density at radius 3 is 1.18 bits per heavy atom. The molecule has 168 valence electrons. The lowest BCUT2D eigenvalue weighted by molar-refractivity contribution is 0.0994. The smallest absolute Gasteiger partial charge is 0.207 e. The number of benzene rings is 4. The molecule has 5 rings (SSSR count). The second kappa shape index (κ2) is 7.86. The molecule has 1 aliphatic carbocycles. The van der Waals surface area contributed by atoms with E-state index >= 15 is 0 Å². The first-order valence-corrected chi connectivity index (χ1v) is 13.2. The van der Waals surface area contributed by atoms with Gasteiger partial charge in [-0.25, -0.2) is 16.8 Å². The average molecular weight is 489 g/mol. The molecule has 34 heavy (non-hydrogen) atoms. The minimum absolute atomic E-state index is 0.0231. The maximum Gasteiger partial charge on any atom is 0.207 e. The van der Waals surface area contributed by atoms with Crippen molar-refractivity contribution in [1.29, 1.82) is 0 Å². The first kappa shape index (κ1) is 21.9. The second-order valence-corrected chi connectivity index (χ2v) is 11.5. The molecule has 0 spiro atoms. The molecule has 0 radical (unpaired) electrons. The van der Waals surface area contributed by atoms with Crippen molar-refractivity contribution in [2.24, 2.45) is 0 Å². The normalized spacial score (nSPS) is 13.8. The molecule has 4 aromatic rings. The molecule has 4 aromatic carbocycles. The van der Waals surface area contributed by atoms with E-state index in [2.05, 4.69) is 0 Å². The highest BCUT2D eigenvalue weighted by molar-refractivity contribution is 7.92. The molecule has 0 saturated heterocycles. The number of rotatable bonds is 4. The highest BCUT2D eigenvalue weighted by atomic mass is 32.2. The third-order valence-electron chi connectivity index (χ3n) is 5.68. The first-order valence-electron chi connectivity index (χ1n) is 10.2. The summed E-state index contributed by atoms with van der Waals surface area (Å²) in [5.74, 6) is -0.924. The van der Waals surface area contributed by atoms with E-state index in [1.54, 1.807) is 36.4 Å². The summed E-state index contributed by atoms with van der Waals surface area (Å²) in [4.78, 5) is 24.7. The van der Waals surface area contributed by atoms with Crippen LogP contribution in [0.3, 0.4) is 0 Å². The van der Waals surface area contributed by atoms with E-state index in [9.17, 15) is 26.4 Å². The summed E-state index contributed by atoms with van der Waals surface area (Å²) in [7, 11) is -8.12. The van der Waals surface area contributed by atoms with E-state index in [-0.39, 0.29) is 41.5 Å². The summed E-state index contributed by atoms with van der Waals surface area (Å²) < 4.78 is 53.9. The molecule has 0 bridgehead atoms. The summed E-state index contributed by atoms with van der Waals surface area (Å²) in [5, 5.41) is 0.104. The molecule has 8 heteroatoms. The minimum atomic E-state index is -4.06. The Labute approximate surface area is 196 Å². The molecule has 0 unspecified atom stereocenters. The van der Waals surface area contributed by atoms with Crippen LogP contribution in [0.4, 0.5) is 0 Å². The van der Waals surface area contributed by atoms with Crippen molar-refractivity contribution in [2.45, 2.75) is 19.6 Å². The molecular weight excluding hydrogens is 472 g/mol. The molecule has 0 amide bonds. The van der Waals surface area contributed by atoms with Crippen LogP contribution >= 0.6 is 0 Å². The number of carbonyl (C=O) groups is 2. The van der Waals surface area contributed by atoms with Gasteiger partial charge in [0.05, 0.1) is 19.6 Å². The van der Waals surface area contributed by atoms with E-state index in [0.29, 0.717) is 0 Å². The number of hydrogen-bond donors (Lipinski definition) is 0. The Morgan fingerprint density at radius 2 is 0.824 bits per heavy atom. The zero-order valence-corrected chi connectivity index (χ0v) is 19.1. The summed E-state index contributed by atoms with van der Waals surface area (Å²) in [6.45, 7) is 0. The van der Waals surface area contributed by atoms with Crippen LogP contribution in [-0.4, -0.2) is 28.4 Å². The van der Waals surface area contributed by atoms with E-state index < -0.39 is 31.2 Å². The Balaban J connectivity index is 1.89. The van der Waals surface area contributed by atoms with Crippen LogP contribution in [0.5, 0.6) is 0 Å². The molecule has 0 N–H and O–H groups in total. The van der Waals surface area contributed by atoms with Gasteiger partial charge in [0.1, 0.15) is 0 Å². The summed E-state index contributed by atoms with van der Waals surface area (Å²) in [6, 6.07) is 20.5.